The lowest BCUT2D eigenvalue weighted by atomic mass is 10.1. The zero-order chi connectivity index (χ0) is 16.2. The van der Waals surface area contributed by atoms with Gasteiger partial charge in [0.05, 0.1) is 17.8 Å². The van der Waals surface area contributed by atoms with E-state index in [1.54, 1.807) is 0 Å². The summed E-state index contributed by atoms with van der Waals surface area (Å²) in [5.41, 5.74) is 0.581. The number of carbonyl (C=O) groups excluding carboxylic acids is 1. The fraction of sp³-hybridized carbons (Fsp3) is 0.316. The molecule has 1 heterocycles. The minimum atomic E-state index is -0.0152. The Labute approximate surface area is 136 Å². The van der Waals surface area contributed by atoms with Crippen LogP contribution >= 0.6 is 0 Å². The van der Waals surface area contributed by atoms with Crippen LogP contribution < -0.4 is 4.74 Å². The van der Waals surface area contributed by atoms with Gasteiger partial charge < -0.3 is 14.4 Å². The molecule has 1 aliphatic rings. The minimum absolute atomic E-state index is 0.0152. The maximum atomic E-state index is 12.9. The normalized spacial score (nSPS) is 21.0. The van der Waals surface area contributed by atoms with Crippen LogP contribution in [0, 0.1) is 0 Å². The van der Waals surface area contributed by atoms with Gasteiger partial charge in [-0.1, -0.05) is 30.3 Å². The number of morpholine rings is 1. The summed E-state index contributed by atoms with van der Waals surface area (Å²) in [6.45, 7) is 5.18. The molecule has 1 fully saturated rings. The van der Waals surface area contributed by atoms with Gasteiger partial charge >= 0.3 is 0 Å². The molecule has 4 heteroatoms. The molecule has 1 amide bonds. The van der Waals surface area contributed by atoms with E-state index in [-0.39, 0.29) is 18.1 Å². The number of para-hydroxylation sites is 2. The lowest BCUT2D eigenvalue weighted by molar-refractivity contribution is -0.0586. The third-order valence-corrected chi connectivity index (χ3v) is 3.80. The Morgan fingerprint density at radius 3 is 2.30 bits per heavy atom. The highest BCUT2D eigenvalue weighted by molar-refractivity contribution is 5.97. The molecule has 4 nitrogen and oxygen atoms in total. The van der Waals surface area contributed by atoms with Crippen LogP contribution in [0.3, 0.4) is 0 Å². The van der Waals surface area contributed by atoms with E-state index in [2.05, 4.69) is 0 Å². The highest BCUT2D eigenvalue weighted by atomic mass is 16.5. The standard InChI is InChI=1S/C19H21NO3/c1-14-12-20(13-15(2)22-14)19(21)17-10-6-7-11-18(17)23-16-8-4-3-5-9-16/h3-11,14-15H,12-13H2,1-2H3/t14-,15-/m0/s1. The van der Waals surface area contributed by atoms with Crippen LogP contribution in [0.1, 0.15) is 24.2 Å². The van der Waals surface area contributed by atoms with Crippen molar-refractivity contribution in [2.24, 2.45) is 0 Å². The summed E-state index contributed by atoms with van der Waals surface area (Å²) in [7, 11) is 0. The molecule has 23 heavy (non-hydrogen) atoms. The third kappa shape index (κ3) is 3.71. The molecule has 0 radical (unpaired) electrons. The molecule has 1 saturated heterocycles. The molecule has 2 atom stereocenters. The zero-order valence-electron chi connectivity index (χ0n) is 13.4. The number of hydrogen-bond acceptors (Lipinski definition) is 3. The minimum Gasteiger partial charge on any atom is -0.457 e. The molecule has 2 aromatic carbocycles. The van der Waals surface area contributed by atoms with Crippen molar-refractivity contribution in [2.45, 2.75) is 26.1 Å². The number of ether oxygens (including phenoxy) is 2. The molecule has 0 aliphatic carbocycles. The first-order valence-electron chi connectivity index (χ1n) is 7.90. The fourth-order valence-electron chi connectivity index (χ4n) is 2.86. The number of hydrogen-bond donors (Lipinski definition) is 0. The Kier molecular flexibility index (Phi) is 4.63. The topological polar surface area (TPSA) is 38.8 Å². The van der Waals surface area contributed by atoms with Crippen molar-refractivity contribution < 1.29 is 14.3 Å². The van der Waals surface area contributed by atoms with Crippen LogP contribution in [0.2, 0.25) is 0 Å². The van der Waals surface area contributed by atoms with E-state index < -0.39 is 0 Å². The second-order valence-corrected chi connectivity index (χ2v) is 5.88. The fourth-order valence-corrected chi connectivity index (χ4v) is 2.86. The molecule has 0 unspecified atom stereocenters. The number of benzene rings is 2. The van der Waals surface area contributed by atoms with Crippen LogP contribution in [-0.2, 0) is 4.74 Å². The lowest BCUT2D eigenvalue weighted by Gasteiger charge is -2.35. The van der Waals surface area contributed by atoms with E-state index >= 15 is 0 Å². The Bertz CT molecular complexity index is 661. The smallest absolute Gasteiger partial charge is 0.257 e. The van der Waals surface area contributed by atoms with Gasteiger partial charge in [-0.3, -0.25) is 4.79 Å². The Hall–Kier alpha value is -2.33. The van der Waals surface area contributed by atoms with Gasteiger partial charge in [-0.2, -0.15) is 0 Å². The Balaban J connectivity index is 1.83. The quantitative estimate of drug-likeness (QED) is 0.867. The number of amides is 1. The summed E-state index contributed by atoms with van der Waals surface area (Å²) in [5.74, 6) is 1.28. The SMILES string of the molecule is C[C@H]1CN(C(=O)c2ccccc2Oc2ccccc2)C[C@H](C)O1. The molecule has 0 aromatic heterocycles. The van der Waals surface area contributed by atoms with Crippen LogP contribution in [0.15, 0.2) is 54.6 Å². The van der Waals surface area contributed by atoms with Crippen LogP contribution in [0.4, 0.5) is 0 Å². The first-order valence-corrected chi connectivity index (χ1v) is 7.90. The van der Waals surface area contributed by atoms with Crippen LogP contribution in [-0.4, -0.2) is 36.1 Å². The van der Waals surface area contributed by atoms with Crippen molar-refractivity contribution in [3.8, 4) is 11.5 Å². The molecule has 1 aliphatic heterocycles. The molecule has 3 rings (SSSR count). The van der Waals surface area contributed by atoms with E-state index in [4.69, 9.17) is 9.47 Å². The predicted octanol–water partition coefficient (Wildman–Crippen LogP) is 3.73. The highest BCUT2D eigenvalue weighted by Crippen LogP contribution is 2.27. The van der Waals surface area contributed by atoms with Gasteiger partial charge in [0.15, 0.2) is 0 Å². The first kappa shape index (κ1) is 15.6. The number of nitrogens with zero attached hydrogens (tertiary/aromatic N) is 1. The molecule has 0 spiro atoms. The van der Waals surface area contributed by atoms with Crippen LogP contribution in [0.5, 0.6) is 11.5 Å². The van der Waals surface area contributed by atoms with Crippen molar-refractivity contribution in [3.63, 3.8) is 0 Å². The summed E-state index contributed by atoms with van der Waals surface area (Å²) >= 11 is 0. The molecular formula is C19H21NO3. The monoisotopic (exact) mass is 311 g/mol. The maximum absolute atomic E-state index is 12.9. The van der Waals surface area contributed by atoms with Gasteiger partial charge in [-0.15, -0.1) is 0 Å². The molecule has 0 N–H and O–H groups in total. The molecular weight excluding hydrogens is 290 g/mol. The Morgan fingerprint density at radius 1 is 1.00 bits per heavy atom. The van der Waals surface area contributed by atoms with E-state index in [1.165, 1.54) is 0 Å². The van der Waals surface area contributed by atoms with Gasteiger partial charge in [0, 0.05) is 13.1 Å². The summed E-state index contributed by atoms with van der Waals surface area (Å²) < 4.78 is 11.6. The van der Waals surface area contributed by atoms with Gasteiger partial charge in [-0.05, 0) is 38.1 Å². The first-order chi connectivity index (χ1) is 11.1. The summed E-state index contributed by atoms with van der Waals surface area (Å²) in [5, 5.41) is 0. The lowest BCUT2D eigenvalue weighted by Crippen LogP contribution is -2.48. The number of rotatable bonds is 3. The van der Waals surface area contributed by atoms with E-state index in [1.807, 2.05) is 73.3 Å². The predicted molar refractivity (Wildman–Crippen MR) is 88.9 cm³/mol. The highest BCUT2D eigenvalue weighted by Gasteiger charge is 2.28. The molecule has 2 aromatic rings. The van der Waals surface area contributed by atoms with Crippen molar-refractivity contribution in [1.82, 2.24) is 4.90 Å². The van der Waals surface area contributed by atoms with Gasteiger partial charge in [0.1, 0.15) is 11.5 Å². The van der Waals surface area contributed by atoms with Gasteiger partial charge in [-0.25, -0.2) is 0 Å². The summed E-state index contributed by atoms with van der Waals surface area (Å²) in [6, 6.07) is 16.9. The van der Waals surface area contributed by atoms with Gasteiger partial charge in [0.2, 0.25) is 0 Å². The van der Waals surface area contributed by atoms with E-state index in [9.17, 15) is 4.79 Å². The average molecular weight is 311 g/mol. The average Bonchev–Trinajstić information content (AvgIpc) is 2.55. The summed E-state index contributed by atoms with van der Waals surface area (Å²) in [6.07, 6.45) is 0.0924. The molecule has 0 saturated carbocycles. The van der Waals surface area contributed by atoms with Crippen molar-refractivity contribution in [3.05, 3.63) is 60.2 Å². The second-order valence-electron chi connectivity index (χ2n) is 5.88. The van der Waals surface area contributed by atoms with Crippen LogP contribution in [0.25, 0.3) is 0 Å². The van der Waals surface area contributed by atoms with Crippen molar-refractivity contribution >= 4 is 5.91 Å². The third-order valence-electron chi connectivity index (χ3n) is 3.80. The van der Waals surface area contributed by atoms with Crippen molar-refractivity contribution in [1.29, 1.82) is 0 Å². The largest absolute Gasteiger partial charge is 0.457 e. The molecule has 120 valence electrons. The van der Waals surface area contributed by atoms with E-state index in [0.29, 0.717) is 24.4 Å². The maximum Gasteiger partial charge on any atom is 0.257 e. The summed E-state index contributed by atoms with van der Waals surface area (Å²) in [4.78, 5) is 14.7. The molecule has 0 bridgehead atoms. The van der Waals surface area contributed by atoms with E-state index in [0.717, 1.165) is 5.75 Å². The number of carbonyl (C=O) groups is 1. The van der Waals surface area contributed by atoms with Gasteiger partial charge in [0.25, 0.3) is 5.91 Å². The zero-order valence-corrected chi connectivity index (χ0v) is 13.4. The second kappa shape index (κ2) is 6.84. The van der Waals surface area contributed by atoms with Crippen molar-refractivity contribution in [2.75, 3.05) is 13.1 Å². The Morgan fingerprint density at radius 2 is 1.61 bits per heavy atom.